The van der Waals surface area contributed by atoms with Crippen LogP contribution < -0.4 is 9.47 Å². The molecule has 0 amide bonds. The number of rotatable bonds is 13. The van der Waals surface area contributed by atoms with E-state index in [9.17, 15) is 9.90 Å². The minimum absolute atomic E-state index is 0. The normalized spacial score (nSPS) is 11.2. The number of carboxylic acids is 1. The molecule has 3 atom stereocenters. The summed E-state index contributed by atoms with van der Waals surface area (Å²) in [5.74, 6) is 0.930. The van der Waals surface area contributed by atoms with E-state index in [1.807, 2.05) is 56.3 Å². The molecule has 6 rings (SSSR count). The molecule has 0 aromatic heterocycles. The molecule has 0 fully saturated rings. The van der Waals surface area contributed by atoms with Gasteiger partial charge < -0.3 is 24.8 Å². The number of ether oxygens (including phenoxy) is 2. The van der Waals surface area contributed by atoms with Crippen molar-refractivity contribution in [3.8, 4) is 17.2 Å². The van der Waals surface area contributed by atoms with Gasteiger partial charge in [0.25, 0.3) is 0 Å². The predicted molar refractivity (Wildman–Crippen MR) is 253 cm³/mol. The summed E-state index contributed by atoms with van der Waals surface area (Å²) in [6, 6.07) is 42.4. The fourth-order valence-electron chi connectivity index (χ4n) is 6.46. The van der Waals surface area contributed by atoms with E-state index in [-0.39, 0.29) is 111 Å². The van der Waals surface area contributed by atoms with Crippen molar-refractivity contribution in [3.05, 3.63) is 219 Å². The van der Waals surface area contributed by atoms with E-state index >= 15 is 0 Å². The van der Waals surface area contributed by atoms with E-state index < -0.39 is 18.2 Å². The van der Waals surface area contributed by atoms with E-state index in [2.05, 4.69) is 104 Å². The van der Waals surface area contributed by atoms with Gasteiger partial charge >= 0.3 is 5.97 Å². The number of carbonyl (C=O) groups is 1. The van der Waals surface area contributed by atoms with Crippen LogP contribution in [0.4, 0.5) is 0 Å². The molecule has 3 N–H and O–H groups in total. The van der Waals surface area contributed by atoms with Crippen molar-refractivity contribution in [3.63, 3.8) is 0 Å². The van der Waals surface area contributed by atoms with E-state index in [1.54, 1.807) is 54.6 Å². The van der Waals surface area contributed by atoms with Crippen molar-refractivity contribution in [2.75, 3.05) is 0 Å². The molecule has 0 aliphatic carbocycles. The zero-order valence-corrected chi connectivity index (χ0v) is 48.1. The van der Waals surface area contributed by atoms with Crippen LogP contribution in [0.3, 0.4) is 0 Å². The molecule has 335 valence electrons. The Bertz CT molecular complexity index is 2260. The van der Waals surface area contributed by atoms with E-state index in [0.717, 1.165) is 34.4 Å². The first kappa shape index (κ1) is 61.9. The second-order valence-corrected chi connectivity index (χ2v) is 15.4. The molecule has 6 aromatic carbocycles. The summed E-state index contributed by atoms with van der Waals surface area (Å²) in [5, 5.41) is 27.5. The van der Waals surface area contributed by atoms with Crippen LogP contribution in [0.1, 0.15) is 104 Å². The molecule has 0 bridgehead atoms. The van der Waals surface area contributed by atoms with Crippen LogP contribution in [0.15, 0.2) is 135 Å². The number of aliphatic hydroxyl groups excluding tert-OH is 1. The molecule has 65 heavy (non-hydrogen) atoms. The Balaban J connectivity index is 0.000000872. The molecule has 0 aliphatic heterocycles. The molecule has 0 aliphatic rings. The van der Waals surface area contributed by atoms with Gasteiger partial charge in [0.1, 0.15) is 12.2 Å². The second kappa shape index (κ2) is 32.6. The summed E-state index contributed by atoms with van der Waals surface area (Å²) in [7, 11) is 0. The summed E-state index contributed by atoms with van der Waals surface area (Å²) in [5.41, 5.74) is 14.3. The number of phenolic OH excluding ortho intramolecular Hbond substituents is 1. The zero-order chi connectivity index (χ0) is 45.8. The molecule has 0 heterocycles. The SMILES string of the molecule is C=CCC(O)c1cc(C)c(C)c(C)c1.C=CCC(Oc1cc[c-]cc1)c1cc(C)c(C)c(C)c1.Cc1cc(C(CC(=O)O)Oc2cc[c-]cc2)cc(C)c1C.Oc1cc[c-]cc1.[Y].[Y].[Y]. The molecule has 3 unspecified atom stereocenters. The largest absolute Gasteiger partial charge is 0.533 e. The van der Waals surface area contributed by atoms with Crippen LogP contribution in [0.25, 0.3) is 0 Å². The zero-order valence-electron chi connectivity index (χ0n) is 39.6. The molecular formula is C56H63O6Y3-3. The number of benzene rings is 6. The topological polar surface area (TPSA) is 96.2 Å². The van der Waals surface area contributed by atoms with E-state index in [1.165, 1.54) is 44.5 Å². The molecular weight excluding hydrogens is 1040 g/mol. The van der Waals surface area contributed by atoms with Gasteiger partial charge in [-0.25, -0.2) is 0 Å². The van der Waals surface area contributed by atoms with Crippen molar-refractivity contribution in [2.24, 2.45) is 0 Å². The smallest absolute Gasteiger partial charge is 0.307 e. The van der Waals surface area contributed by atoms with Gasteiger partial charge in [0.2, 0.25) is 0 Å². The molecule has 0 saturated heterocycles. The predicted octanol–water partition coefficient (Wildman–Crippen LogP) is 13.5. The molecule has 0 spiro atoms. The quantitative estimate of drug-likeness (QED) is 0.0788. The van der Waals surface area contributed by atoms with E-state index in [0.29, 0.717) is 17.9 Å². The van der Waals surface area contributed by atoms with Crippen LogP contribution in [-0.2, 0) is 103 Å². The molecule has 6 aromatic rings. The second-order valence-electron chi connectivity index (χ2n) is 15.4. The Morgan fingerprint density at radius 3 is 1.15 bits per heavy atom. The molecule has 0 saturated carbocycles. The number of aliphatic carboxylic acids is 1. The third-order valence-electron chi connectivity index (χ3n) is 10.7. The van der Waals surface area contributed by atoms with Gasteiger partial charge in [0.15, 0.2) is 0 Å². The summed E-state index contributed by atoms with van der Waals surface area (Å²) >= 11 is 0. The van der Waals surface area contributed by atoms with Gasteiger partial charge in [-0.1, -0.05) is 48.6 Å². The van der Waals surface area contributed by atoms with Crippen LogP contribution >= 0.6 is 0 Å². The first-order valence-corrected chi connectivity index (χ1v) is 20.8. The first-order valence-electron chi connectivity index (χ1n) is 20.8. The summed E-state index contributed by atoms with van der Waals surface area (Å²) in [6.07, 6.45) is 4.09. The molecule has 9 heteroatoms. The maximum Gasteiger partial charge on any atom is 0.307 e. The van der Waals surface area contributed by atoms with Gasteiger partial charge in [-0.2, -0.15) is 54.6 Å². The number of aryl methyl sites for hydroxylation is 6. The Morgan fingerprint density at radius 2 is 0.846 bits per heavy atom. The average molecular weight is 1100 g/mol. The third kappa shape index (κ3) is 21.6. The van der Waals surface area contributed by atoms with Crippen LogP contribution in [0, 0.1) is 80.5 Å². The maximum absolute atomic E-state index is 11.1. The number of hydrogen-bond acceptors (Lipinski definition) is 5. The summed E-state index contributed by atoms with van der Waals surface area (Å²) in [4.78, 5) is 11.1. The van der Waals surface area contributed by atoms with Crippen LogP contribution in [-0.4, -0.2) is 21.3 Å². The first-order chi connectivity index (χ1) is 29.5. The fraction of sp³-hybridized carbons (Fsp3) is 0.268. The fourth-order valence-corrected chi connectivity index (χ4v) is 6.46. The number of aromatic hydroxyl groups is 1. The minimum atomic E-state index is -0.877. The van der Waals surface area contributed by atoms with Gasteiger partial charge in [-0.15, -0.1) is 49.6 Å². The monoisotopic (exact) mass is 1100 g/mol. The van der Waals surface area contributed by atoms with Crippen molar-refractivity contribution in [2.45, 2.75) is 99.9 Å². The number of hydrogen-bond donors (Lipinski definition) is 3. The van der Waals surface area contributed by atoms with Gasteiger partial charge in [-0.05, 0) is 135 Å². The summed E-state index contributed by atoms with van der Waals surface area (Å²) < 4.78 is 12.0. The minimum Gasteiger partial charge on any atom is -0.533 e. The molecule has 6 nitrogen and oxygen atoms in total. The molecule has 3 radical (unpaired) electrons. The maximum atomic E-state index is 11.1. The van der Waals surface area contributed by atoms with Crippen molar-refractivity contribution >= 4 is 5.97 Å². The Kier molecular flexibility index (Phi) is 31.1. The number of phenols is 1. The van der Waals surface area contributed by atoms with Crippen molar-refractivity contribution in [1.29, 1.82) is 0 Å². The standard InChI is InChI=1S/C19H21O.C18H19O3.C13H18O.C6H5O.3Y/c1-5-9-19(20-18-10-7-6-8-11-18)17-12-14(2)16(4)15(3)13-17;1-12-9-15(10-13(2)14(12)3)17(11-18(19)20)21-16-7-5-4-6-8-16;1-5-6-13(14)12-7-9(2)11(4)10(3)8-12;7-6-4-2-1-3-5-6;;;/h5,7-8,10-13,19H,1,9H2,2-4H3;5-10,17H,11H2,1-3H3,(H,19,20);5,7-8,13-14H,1,6H2,2-4H3;2-5,7H;;;/q2*-1;;-1;;;. The number of aliphatic hydroxyl groups is 1. The van der Waals surface area contributed by atoms with Crippen LogP contribution in [0.2, 0.25) is 0 Å². The van der Waals surface area contributed by atoms with Gasteiger partial charge in [-0.3, -0.25) is 4.79 Å². The van der Waals surface area contributed by atoms with Gasteiger partial charge in [0, 0.05) is 122 Å². The van der Waals surface area contributed by atoms with Crippen LogP contribution in [0.5, 0.6) is 17.2 Å². The Morgan fingerprint density at radius 1 is 0.538 bits per heavy atom. The number of carboxylic acid groups (broad SMARTS) is 1. The van der Waals surface area contributed by atoms with E-state index in [4.69, 9.17) is 19.7 Å². The Labute approximate surface area is 465 Å². The van der Waals surface area contributed by atoms with Crippen molar-refractivity contribution in [1.82, 2.24) is 0 Å². The Hall–Kier alpha value is -3.06. The summed E-state index contributed by atoms with van der Waals surface area (Å²) in [6.45, 7) is 26.3. The average Bonchev–Trinajstić information content (AvgIpc) is 3.24. The van der Waals surface area contributed by atoms with Crippen molar-refractivity contribution < 1.29 is 128 Å². The third-order valence-corrected chi connectivity index (χ3v) is 10.7. The van der Waals surface area contributed by atoms with Gasteiger partial charge in [0.05, 0.1) is 12.5 Å².